The average Bonchev–Trinajstić information content (AvgIpc) is 3.09. The Kier molecular flexibility index (Phi) is 7.75. The molecule has 0 spiro atoms. The zero-order valence-corrected chi connectivity index (χ0v) is 26.6. The summed E-state index contributed by atoms with van der Waals surface area (Å²) < 4.78 is 5.92. The predicted molar refractivity (Wildman–Crippen MR) is 180 cm³/mol. The van der Waals surface area contributed by atoms with Gasteiger partial charge in [0.05, 0.1) is 11.1 Å². The number of ether oxygens (including phenoxy) is 1. The molecule has 0 fully saturated rings. The fraction of sp³-hybridized carbons (Fsp3) is 0.150. The van der Waals surface area contributed by atoms with E-state index in [9.17, 15) is 34.5 Å². The van der Waals surface area contributed by atoms with E-state index in [-0.39, 0.29) is 39.3 Å². The smallest absolute Gasteiger partial charge is 0.329 e. The summed E-state index contributed by atoms with van der Waals surface area (Å²) in [6, 6.07) is 24.5. The second-order valence-electron chi connectivity index (χ2n) is 12.4. The quantitative estimate of drug-likeness (QED) is 0.158. The number of aromatic hydroxyl groups is 3. The lowest BCUT2D eigenvalue weighted by atomic mass is 9.76. The molecule has 244 valence electrons. The Hall–Kier alpha value is -6.22. The van der Waals surface area contributed by atoms with Gasteiger partial charge in [-0.2, -0.15) is 0 Å². The molecule has 5 aromatic carbocycles. The minimum atomic E-state index is -1.08. The summed E-state index contributed by atoms with van der Waals surface area (Å²) in [6.07, 6.45) is 0.297. The molecule has 9 nitrogen and oxygen atoms in total. The second kappa shape index (κ2) is 12.1. The molecule has 0 aliphatic heterocycles. The van der Waals surface area contributed by atoms with Crippen LogP contribution in [0.2, 0.25) is 0 Å². The molecule has 0 bridgehead atoms. The van der Waals surface area contributed by atoms with Crippen LogP contribution in [0.3, 0.4) is 0 Å². The van der Waals surface area contributed by atoms with Crippen LogP contribution in [0.1, 0.15) is 83.0 Å². The Morgan fingerprint density at radius 3 is 1.98 bits per heavy atom. The van der Waals surface area contributed by atoms with Gasteiger partial charge >= 0.3 is 5.97 Å². The van der Waals surface area contributed by atoms with Gasteiger partial charge in [0, 0.05) is 28.3 Å². The topological polar surface area (TPSA) is 150 Å². The van der Waals surface area contributed by atoms with Crippen LogP contribution >= 0.6 is 0 Å². The van der Waals surface area contributed by atoms with Crippen LogP contribution < -0.4 is 5.32 Å². The van der Waals surface area contributed by atoms with Crippen molar-refractivity contribution >= 4 is 23.4 Å². The second-order valence-corrected chi connectivity index (χ2v) is 12.4. The van der Waals surface area contributed by atoms with Crippen molar-refractivity contribution in [2.75, 3.05) is 0 Å². The first kappa shape index (κ1) is 31.4. The molecule has 0 radical (unpaired) electrons. The number of amides is 1. The van der Waals surface area contributed by atoms with Crippen LogP contribution in [0.4, 0.5) is 0 Å². The van der Waals surface area contributed by atoms with Gasteiger partial charge in [-0.1, -0.05) is 66.7 Å². The van der Waals surface area contributed by atoms with Gasteiger partial charge in [-0.25, -0.2) is 4.79 Å². The molecule has 5 aromatic rings. The van der Waals surface area contributed by atoms with Crippen LogP contribution in [0.15, 0.2) is 91.0 Å². The third kappa shape index (κ3) is 5.39. The highest BCUT2D eigenvalue weighted by Crippen LogP contribution is 2.45. The van der Waals surface area contributed by atoms with Gasteiger partial charge in [-0.15, -0.1) is 0 Å². The Bertz CT molecular complexity index is 2170. The molecule has 0 unspecified atom stereocenters. The predicted octanol–water partition coefficient (Wildman–Crippen LogP) is 6.10. The van der Waals surface area contributed by atoms with Crippen molar-refractivity contribution in [2.24, 2.45) is 0 Å². The molecule has 1 amide bonds. The first-order valence-corrected chi connectivity index (χ1v) is 15.8. The van der Waals surface area contributed by atoms with Crippen LogP contribution in [-0.2, 0) is 22.4 Å². The molecule has 4 N–H and O–H groups in total. The van der Waals surface area contributed by atoms with Crippen LogP contribution in [0, 0.1) is 6.92 Å². The zero-order chi connectivity index (χ0) is 34.6. The van der Waals surface area contributed by atoms with Gasteiger partial charge in [0.1, 0.15) is 23.3 Å². The minimum absolute atomic E-state index is 0.0331. The molecular weight excluding hydrogens is 622 g/mol. The number of esters is 1. The maximum absolute atomic E-state index is 13.7. The standard InChI is InChI=1S/C40H31NO8/c1-20-15-25-14-13-24-16-28-29(35(44)30-17-26(42)18-31(43)34(30)36(28)45)19-27(24)33(25)37(46)32(20)39(47)41-21(2)40(48)49-38(22-9-5-3-6-10-22)23-11-7-4-8-12-23/h3-12,15-19,21,38,42-43,46H,13-14H2,1-2H3,(H,41,47)/t21-/m1/s1. The number of carbonyl (C=O) groups excluding carboxylic acids is 4. The van der Waals surface area contributed by atoms with Crippen molar-refractivity contribution in [2.45, 2.75) is 38.8 Å². The number of nitrogens with one attached hydrogen (secondary N) is 1. The molecular formula is C40H31NO8. The summed E-state index contributed by atoms with van der Waals surface area (Å²) in [6.45, 7) is 3.20. The van der Waals surface area contributed by atoms with E-state index in [0.717, 1.165) is 28.8 Å². The lowest BCUT2D eigenvalue weighted by molar-refractivity contribution is -0.149. The maximum Gasteiger partial charge on any atom is 0.329 e. The van der Waals surface area contributed by atoms with Gasteiger partial charge in [0.15, 0.2) is 17.7 Å². The number of benzene rings is 5. The normalized spacial score (nSPS) is 13.5. The van der Waals surface area contributed by atoms with E-state index < -0.39 is 41.3 Å². The zero-order valence-electron chi connectivity index (χ0n) is 26.6. The fourth-order valence-corrected chi connectivity index (χ4v) is 6.82. The first-order valence-electron chi connectivity index (χ1n) is 15.8. The van der Waals surface area contributed by atoms with E-state index in [1.807, 2.05) is 60.7 Å². The van der Waals surface area contributed by atoms with Gasteiger partial charge in [-0.05, 0) is 78.3 Å². The van der Waals surface area contributed by atoms with Crippen LogP contribution in [0.5, 0.6) is 17.2 Å². The van der Waals surface area contributed by atoms with Crippen molar-refractivity contribution in [3.05, 3.63) is 147 Å². The largest absolute Gasteiger partial charge is 0.508 e. The summed E-state index contributed by atoms with van der Waals surface area (Å²) in [7, 11) is 0. The van der Waals surface area contributed by atoms with Crippen molar-refractivity contribution in [3.63, 3.8) is 0 Å². The number of hydrogen-bond acceptors (Lipinski definition) is 8. The molecule has 9 heteroatoms. The first-order chi connectivity index (χ1) is 23.5. The number of fused-ring (bicyclic) bond motifs is 5. The van der Waals surface area contributed by atoms with Crippen LogP contribution in [-0.4, -0.2) is 44.8 Å². The van der Waals surface area contributed by atoms with Crippen molar-refractivity contribution < 1.29 is 39.2 Å². The van der Waals surface area contributed by atoms with Crippen molar-refractivity contribution in [3.8, 4) is 28.4 Å². The number of rotatable bonds is 6. The number of hydrogen-bond donors (Lipinski definition) is 4. The number of carbonyl (C=O) groups is 4. The highest BCUT2D eigenvalue weighted by atomic mass is 16.5. The van der Waals surface area contributed by atoms with Gasteiger partial charge in [-0.3, -0.25) is 14.4 Å². The highest BCUT2D eigenvalue weighted by molar-refractivity contribution is 6.30. The highest BCUT2D eigenvalue weighted by Gasteiger charge is 2.36. The number of phenolic OH excluding ortho intramolecular Hbond substituents is 3. The number of aryl methyl sites for hydroxylation is 3. The van der Waals surface area contributed by atoms with Gasteiger partial charge in [0.25, 0.3) is 5.91 Å². The van der Waals surface area contributed by atoms with E-state index in [0.29, 0.717) is 35.1 Å². The Morgan fingerprint density at radius 1 is 0.714 bits per heavy atom. The van der Waals surface area contributed by atoms with E-state index in [4.69, 9.17) is 4.74 Å². The van der Waals surface area contributed by atoms with Gasteiger partial charge < -0.3 is 25.4 Å². The summed E-state index contributed by atoms with van der Waals surface area (Å²) in [5.74, 6) is -3.63. The van der Waals surface area contributed by atoms with Crippen LogP contribution in [0.25, 0.3) is 11.1 Å². The number of ketones is 2. The summed E-state index contributed by atoms with van der Waals surface area (Å²) >= 11 is 0. The van der Waals surface area contributed by atoms with Crippen molar-refractivity contribution in [1.82, 2.24) is 5.32 Å². The molecule has 49 heavy (non-hydrogen) atoms. The van der Waals surface area contributed by atoms with E-state index in [1.54, 1.807) is 19.1 Å². The summed E-state index contributed by atoms with van der Waals surface area (Å²) in [4.78, 5) is 54.1. The Labute approximate surface area is 281 Å². The summed E-state index contributed by atoms with van der Waals surface area (Å²) in [5.41, 5.74) is 4.15. The maximum atomic E-state index is 13.7. The Balaban J connectivity index is 1.20. The average molecular weight is 654 g/mol. The minimum Gasteiger partial charge on any atom is -0.508 e. The lowest BCUT2D eigenvalue weighted by Gasteiger charge is -2.27. The number of phenols is 3. The van der Waals surface area contributed by atoms with Crippen molar-refractivity contribution in [1.29, 1.82) is 0 Å². The van der Waals surface area contributed by atoms with E-state index in [1.165, 1.54) is 13.0 Å². The molecule has 2 aliphatic carbocycles. The SMILES string of the molecule is Cc1cc2c(c(O)c1C(=O)N[C@H](C)C(=O)OC(c1ccccc1)c1ccccc1)-c1cc3c(cc1CC2)C(=O)c1c(O)cc(O)cc1C3=O. The monoisotopic (exact) mass is 653 g/mol. The van der Waals surface area contributed by atoms with E-state index in [2.05, 4.69) is 5.32 Å². The van der Waals surface area contributed by atoms with Gasteiger partial charge in [0.2, 0.25) is 0 Å². The Morgan fingerprint density at radius 2 is 1.33 bits per heavy atom. The third-order valence-corrected chi connectivity index (χ3v) is 9.19. The lowest BCUT2D eigenvalue weighted by Crippen LogP contribution is -2.40. The molecule has 1 atom stereocenters. The third-order valence-electron chi connectivity index (χ3n) is 9.19. The fourth-order valence-electron chi connectivity index (χ4n) is 6.82. The molecule has 7 rings (SSSR count). The molecule has 0 aromatic heterocycles. The molecule has 2 aliphatic rings. The molecule has 0 saturated heterocycles. The van der Waals surface area contributed by atoms with E-state index >= 15 is 0 Å². The summed E-state index contributed by atoms with van der Waals surface area (Å²) in [5, 5.41) is 34.8. The molecule has 0 heterocycles. The molecule has 0 saturated carbocycles.